The Labute approximate surface area is 118 Å². The molecule has 0 heterocycles. The van der Waals surface area contributed by atoms with Gasteiger partial charge in [0, 0.05) is 6.04 Å². The molecule has 1 rings (SSSR count). The normalized spacial score (nSPS) is 13.0. The molecule has 19 heavy (non-hydrogen) atoms. The van der Waals surface area contributed by atoms with Crippen molar-refractivity contribution in [1.29, 1.82) is 0 Å². The van der Waals surface area contributed by atoms with Crippen LogP contribution in [-0.4, -0.2) is 19.2 Å². The first-order valence-electron chi connectivity index (χ1n) is 7.50. The minimum atomic E-state index is 0.421. The molecule has 2 nitrogen and oxygen atoms in total. The molecule has 0 spiro atoms. The fourth-order valence-electron chi connectivity index (χ4n) is 1.95. The maximum absolute atomic E-state index is 5.90. The van der Waals surface area contributed by atoms with Crippen LogP contribution in [0.2, 0.25) is 0 Å². The lowest BCUT2D eigenvalue weighted by Crippen LogP contribution is -2.39. The smallest absolute Gasteiger partial charge is 0.119 e. The fraction of sp³-hybridized carbons (Fsp3) is 0.647. The molecule has 0 amide bonds. The molecule has 0 saturated heterocycles. The highest BCUT2D eigenvalue weighted by atomic mass is 16.5. The Morgan fingerprint density at radius 2 is 1.68 bits per heavy atom. The van der Waals surface area contributed by atoms with E-state index < -0.39 is 0 Å². The standard InChI is InChI=1S/C17H29NO/c1-6-11-18-17(14(4)5)12-19-16-9-7-15(8-10-16)13(2)3/h7-10,13-14,17-18H,6,11-12H2,1-5H3. The van der Waals surface area contributed by atoms with Crippen molar-refractivity contribution in [3.05, 3.63) is 29.8 Å². The second-order valence-electron chi connectivity index (χ2n) is 5.84. The van der Waals surface area contributed by atoms with Gasteiger partial charge in [0.05, 0.1) is 0 Å². The molecule has 1 aromatic carbocycles. The second kappa shape index (κ2) is 8.21. The molecule has 1 unspecified atom stereocenters. The van der Waals surface area contributed by atoms with E-state index in [0.717, 1.165) is 25.3 Å². The molecule has 0 saturated carbocycles. The third-order valence-electron chi connectivity index (χ3n) is 3.44. The summed E-state index contributed by atoms with van der Waals surface area (Å²) >= 11 is 0. The zero-order valence-electron chi connectivity index (χ0n) is 13.1. The minimum Gasteiger partial charge on any atom is -0.492 e. The fourth-order valence-corrected chi connectivity index (χ4v) is 1.95. The SMILES string of the molecule is CCCNC(COc1ccc(C(C)C)cc1)C(C)C. The predicted molar refractivity (Wildman–Crippen MR) is 82.9 cm³/mol. The predicted octanol–water partition coefficient (Wildman–Crippen LogP) is 4.21. The van der Waals surface area contributed by atoms with Crippen molar-refractivity contribution in [2.75, 3.05) is 13.2 Å². The lowest BCUT2D eigenvalue weighted by atomic mass is 10.0. The minimum absolute atomic E-state index is 0.421. The van der Waals surface area contributed by atoms with E-state index in [4.69, 9.17) is 4.74 Å². The van der Waals surface area contributed by atoms with E-state index in [0.29, 0.717) is 17.9 Å². The van der Waals surface area contributed by atoms with Crippen LogP contribution in [0.15, 0.2) is 24.3 Å². The van der Waals surface area contributed by atoms with Gasteiger partial charge in [-0.3, -0.25) is 0 Å². The van der Waals surface area contributed by atoms with E-state index >= 15 is 0 Å². The summed E-state index contributed by atoms with van der Waals surface area (Å²) in [5.41, 5.74) is 1.36. The molecule has 1 atom stereocenters. The molecular weight excluding hydrogens is 234 g/mol. The van der Waals surface area contributed by atoms with Gasteiger partial charge in [-0.2, -0.15) is 0 Å². The Morgan fingerprint density at radius 1 is 1.05 bits per heavy atom. The zero-order valence-corrected chi connectivity index (χ0v) is 13.1. The van der Waals surface area contributed by atoms with E-state index in [1.54, 1.807) is 0 Å². The Bertz CT molecular complexity index is 343. The third kappa shape index (κ3) is 5.65. The Morgan fingerprint density at radius 3 is 2.16 bits per heavy atom. The van der Waals surface area contributed by atoms with Crippen LogP contribution in [0, 0.1) is 5.92 Å². The van der Waals surface area contributed by atoms with E-state index in [-0.39, 0.29) is 0 Å². The highest BCUT2D eigenvalue weighted by Crippen LogP contribution is 2.19. The van der Waals surface area contributed by atoms with Crippen molar-refractivity contribution in [3.8, 4) is 5.75 Å². The molecule has 0 aliphatic heterocycles. The van der Waals surface area contributed by atoms with Crippen LogP contribution in [0.3, 0.4) is 0 Å². The Hall–Kier alpha value is -1.02. The van der Waals surface area contributed by atoms with E-state index in [1.165, 1.54) is 5.56 Å². The van der Waals surface area contributed by atoms with Gasteiger partial charge < -0.3 is 10.1 Å². The number of benzene rings is 1. The van der Waals surface area contributed by atoms with Crippen molar-refractivity contribution in [2.45, 2.75) is 53.0 Å². The molecule has 0 aromatic heterocycles. The molecule has 108 valence electrons. The Balaban J connectivity index is 2.49. The molecule has 1 N–H and O–H groups in total. The van der Waals surface area contributed by atoms with Crippen molar-refractivity contribution in [1.82, 2.24) is 5.32 Å². The molecule has 0 aliphatic rings. The first kappa shape index (κ1) is 16.0. The number of hydrogen-bond donors (Lipinski definition) is 1. The third-order valence-corrected chi connectivity index (χ3v) is 3.44. The maximum Gasteiger partial charge on any atom is 0.119 e. The van der Waals surface area contributed by atoms with Crippen LogP contribution < -0.4 is 10.1 Å². The molecule has 1 aromatic rings. The summed E-state index contributed by atoms with van der Waals surface area (Å²) in [5.74, 6) is 2.12. The van der Waals surface area contributed by atoms with Gasteiger partial charge in [0.1, 0.15) is 12.4 Å². The van der Waals surface area contributed by atoms with Crippen molar-refractivity contribution < 1.29 is 4.74 Å². The van der Waals surface area contributed by atoms with Gasteiger partial charge in [-0.05, 0) is 42.5 Å². The zero-order chi connectivity index (χ0) is 14.3. The van der Waals surface area contributed by atoms with Gasteiger partial charge in [0.25, 0.3) is 0 Å². The quantitative estimate of drug-likeness (QED) is 0.758. The number of ether oxygens (including phenoxy) is 1. The van der Waals surface area contributed by atoms with Crippen LogP contribution in [-0.2, 0) is 0 Å². The van der Waals surface area contributed by atoms with Crippen molar-refractivity contribution >= 4 is 0 Å². The average molecular weight is 263 g/mol. The maximum atomic E-state index is 5.90. The second-order valence-corrected chi connectivity index (χ2v) is 5.84. The first-order chi connectivity index (χ1) is 9.04. The van der Waals surface area contributed by atoms with E-state index in [9.17, 15) is 0 Å². The van der Waals surface area contributed by atoms with Gasteiger partial charge in [0.2, 0.25) is 0 Å². The molecule has 0 radical (unpaired) electrons. The van der Waals surface area contributed by atoms with Crippen molar-refractivity contribution in [2.24, 2.45) is 5.92 Å². The van der Waals surface area contributed by atoms with Gasteiger partial charge in [-0.25, -0.2) is 0 Å². The van der Waals surface area contributed by atoms with Gasteiger partial charge in [-0.15, -0.1) is 0 Å². The summed E-state index contributed by atoms with van der Waals surface area (Å²) in [7, 11) is 0. The monoisotopic (exact) mass is 263 g/mol. The van der Waals surface area contributed by atoms with Crippen LogP contribution >= 0.6 is 0 Å². The molecule has 0 bridgehead atoms. The van der Waals surface area contributed by atoms with Gasteiger partial charge in [-0.1, -0.05) is 46.8 Å². The van der Waals surface area contributed by atoms with Crippen molar-refractivity contribution in [3.63, 3.8) is 0 Å². The van der Waals surface area contributed by atoms with Crippen LogP contribution in [0.4, 0.5) is 0 Å². The van der Waals surface area contributed by atoms with Gasteiger partial charge >= 0.3 is 0 Å². The number of hydrogen-bond acceptors (Lipinski definition) is 2. The first-order valence-corrected chi connectivity index (χ1v) is 7.50. The number of nitrogens with one attached hydrogen (secondary N) is 1. The molecule has 0 fully saturated rings. The number of rotatable bonds is 8. The summed E-state index contributed by atoms with van der Waals surface area (Å²) < 4.78 is 5.90. The largest absolute Gasteiger partial charge is 0.492 e. The van der Waals surface area contributed by atoms with E-state index in [2.05, 4.69) is 64.2 Å². The molecule has 0 aliphatic carbocycles. The lowest BCUT2D eigenvalue weighted by Gasteiger charge is -2.22. The molecular formula is C17H29NO. The summed E-state index contributed by atoms with van der Waals surface area (Å²) in [6.45, 7) is 12.9. The summed E-state index contributed by atoms with van der Waals surface area (Å²) in [6, 6.07) is 8.89. The highest BCUT2D eigenvalue weighted by Gasteiger charge is 2.13. The van der Waals surface area contributed by atoms with E-state index in [1.807, 2.05) is 0 Å². The highest BCUT2D eigenvalue weighted by molar-refractivity contribution is 5.28. The molecule has 2 heteroatoms. The lowest BCUT2D eigenvalue weighted by molar-refractivity contribution is 0.230. The average Bonchev–Trinajstić information content (AvgIpc) is 2.39. The van der Waals surface area contributed by atoms with Gasteiger partial charge in [0.15, 0.2) is 0 Å². The van der Waals surface area contributed by atoms with Crippen LogP contribution in [0.5, 0.6) is 5.75 Å². The van der Waals surface area contributed by atoms with Crippen LogP contribution in [0.1, 0.15) is 52.5 Å². The Kier molecular flexibility index (Phi) is 6.93. The topological polar surface area (TPSA) is 21.3 Å². The van der Waals surface area contributed by atoms with Crippen LogP contribution in [0.25, 0.3) is 0 Å². The summed E-state index contributed by atoms with van der Waals surface area (Å²) in [5, 5.41) is 3.54. The summed E-state index contributed by atoms with van der Waals surface area (Å²) in [6.07, 6.45) is 1.16. The summed E-state index contributed by atoms with van der Waals surface area (Å²) in [4.78, 5) is 0.